The highest BCUT2D eigenvalue weighted by molar-refractivity contribution is 14.0. The molecule has 0 amide bonds. The molecule has 0 bridgehead atoms. The summed E-state index contributed by atoms with van der Waals surface area (Å²) in [5, 5.41) is 6.45. The Labute approximate surface area is 150 Å². The monoisotopic (exact) mass is 422 g/mol. The average Bonchev–Trinajstić information content (AvgIpc) is 2.48. The highest BCUT2D eigenvalue weighted by Crippen LogP contribution is 2.02. The summed E-state index contributed by atoms with van der Waals surface area (Å²) in [6.07, 6.45) is 2.44. The third-order valence-electron chi connectivity index (χ3n) is 3.25. The lowest BCUT2D eigenvalue weighted by molar-refractivity contribution is 0.332. The van der Waals surface area contributed by atoms with Crippen LogP contribution in [-0.4, -0.2) is 44.6 Å². The number of rotatable bonds is 8. The molecule has 0 radical (unpaired) electrons. The van der Waals surface area contributed by atoms with E-state index in [-0.39, 0.29) is 29.8 Å². The van der Waals surface area contributed by atoms with Crippen LogP contribution >= 0.6 is 24.0 Å². The number of nitrogens with zero attached hydrogens (tertiary/aromatic N) is 2. The first-order valence-electron chi connectivity index (χ1n) is 7.53. The normalized spacial score (nSPS) is 11.2. The largest absolute Gasteiger partial charge is 0.355 e. The number of hydrogen-bond acceptors (Lipinski definition) is 2. The first-order chi connectivity index (χ1) is 10.2. The molecule has 0 unspecified atom stereocenters. The van der Waals surface area contributed by atoms with Crippen LogP contribution in [0, 0.1) is 5.82 Å². The minimum atomic E-state index is -0.213. The van der Waals surface area contributed by atoms with Gasteiger partial charge < -0.3 is 15.5 Å². The number of guanidine groups is 1. The standard InChI is InChI=1S/C16H27FN4.HI/c1-4-5-10-21(3)11-9-19-16(18-2)20-13-14-7-6-8-15(17)12-14;/h6-8,12H,4-5,9-11,13H2,1-3H3,(H2,18,19,20);1H. The van der Waals surface area contributed by atoms with Crippen molar-refractivity contribution in [1.82, 2.24) is 15.5 Å². The number of hydrogen-bond donors (Lipinski definition) is 2. The zero-order valence-corrected chi connectivity index (χ0v) is 16.1. The predicted molar refractivity (Wildman–Crippen MR) is 102 cm³/mol. The average molecular weight is 422 g/mol. The van der Waals surface area contributed by atoms with Gasteiger partial charge in [-0.2, -0.15) is 0 Å². The Morgan fingerprint density at radius 2 is 2.05 bits per heavy atom. The Hall–Kier alpha value is -0.890. The molecule has 0 aliphatic rings. The molecule has 0 atom stereocenters. The molecule has 22 heavy (non-hydrogen) atoms. The van der Waals surface area contributed by atoms with Crippen molar-refractivity contribution in [2.45, 2.75) is 26.3 Å². The molecule has 0 heterocycles. The fraction of sp³-hybridized carbons (Fsp3) is 0.562. The van der Waals surface area contributed by atoms with Gasteiger partial charge in [0.25, 0.3) is 0 Å². The Balaban J connectivity index is 0.00000441. The van der Waals surface area contributed by atoms with Gasteiger partial charge in [-0.15, -0.1) is 24.0 Å². The van der Waals surface area contributed by atoms with Gasteiger partial charge in [-0.05, 0) is 37.7 Å². The van der Waals surface area contributed by atoms with Crippen molar-refractivity contribution >= 4 is 29.9 Å². The van der Waals surface area contributed by atoms with E-state index in [1.54, 1.807) is 13.1 Å². The van der Waals surface area contributed by atoms with Crippen LogP contribution in [0.2, 0.25) is 0 Å². The van der Waals surface area contributed by atoms with Crippen molar-refractivity contribution in [3.8, 4) is 0 Å². The van der Waals surface area contributed by atoms with Crippen molar-refractivity contribution in [2.75, 3.05) is 33.7 Å². The minimum absolute atomic E-state index is 0. The maximum atomic E-state index is 13.1. The van der Waals surface area contributed by atoms with Crippen molar-refractivity contribution in [2.24, 2.45) is 4.99 Å². The van der Waals surface area contributed by atoms with Gasteiger partial charge in [-0.25, -0.2) is 4.39 Å². The van der Waals surface area contributed by atoms with Crippen molar-refractivity contribution in [1.29, 1.82) is 0 Å². The minimum Gasteiger partial charge on any atom is -0.355 e. The number of likely N-dealkylation sites (N-methyl/N-ethyl adjacent to an activating group) is 1. The quantitative estimate of drug-likeness (QED) is 0.385. The summed E-state index contributed by atoms with van der Waals surface area (Å²) in [5.41, 5.74) is 0.901. The van der Waals surface area contributed by atoms with Crippen LogP contribution < -0.4 is 10.6 Å². The second-order valence-corrected chi connectivity index (χ2v) is 5.14. The third kappa shape index (κ3) is 9.19. The molecule has 1 aromatic rings. The molecule has 0 aromatic heterocycles. The van der Waals surface area contributed by atoms with E-state index in [1.807, 2.05) is 6.07 Å². The molecule has 0 saturated carbocycles. The zero-order chi connectivity index (χ0) is 15.5. The molecule has 126 valence electrons. The van der Waals surface area contributed by atoms with Gasteiger partial charge in [0.15, 0.2) is 5.96 Å². The lowest BCUT2D eigenvalue weighted by Gasteiger charge is -2.18. The molecule has 0 aliphatic heterocycles. The van der Waals surface area contributed by atoms with Crippen LogP contribution in [0.5, 0.6) is 0 Å². The fourth-order valence-electron chi connectivity index (χ4n) is 1.96. The van der Waals surface area contributed by atoms with E-state index in [4.69, 9.17) is 0 Å². The van der Waals surface area contributed by atoms with Crippen LogP contribution in [0.25, 0.3) is 0 Å². The fourth-order valence-corrected chi connectivity index (χ4v) is 1.96. The Morgan fingerprint density at radius 3 is 2.68 bits per heavy atom. The zero-order valence-electron chi connectivity index (χ0n) is 13.7. The number of aliphatic imine (C=N–C) groups is 1. The van der Waals surface area contributed by atoms with Crippen LogP contribution in [-0.2, 0) is 6.54 Å². The van der Waals surface area contributed by atoms with Crippen molar-refractivity contribution in [3.05, 3.63) is 35.6 Å². The predicted octanol–water partition coefficient (Wildman–Crippen LogP) is 2.84. The molecular weight excluding hydrogens is 394 g/mol. The van der Waals surface area contributed by atoms with E-state index in [0.29, 0.717) is 6.54 Å². The lowest BCUT2D eigenvalue weighted by Crippen LogP contribution is -2.40. The topological polar surface area (TPSA) is 39.7 Å². The van der Waals surface area contributed by atoms with Crippen LogP contribution in [0.15, 0.2) is 29.3 Å². The van der Waals surface area contributed by atoms with Gasteiger partial charge in [0.2, 0.25) is 0 Å². The van der Waals surface area contributed by atoms with E-state index in [1.165, 1.54) is 25.0 Å². The molecular formula is C16H28FIN4. The summed E-state index contributed by atoms with van der Waals surface area (Å²) in [6, 6.07) is 6.58. The van der Waals surface area contributed by atoms with Gasteiger partial charge >= 0.3 is 0 Å². The first kappa shape index (κ1) is 21.1. The van der Waals surface area contributed by atoms with Gasteiger partial charge in [0.05, 0.1) is 0 Å². The van der Waals surface area contributed by atoms with Crippen molar-refractivity contribution < 1.29 is 4.39 Å². The first-order valence-corrected chi connectivity index (χ1v) is 7.53. The van der Waals surface area contributed by atoms with E-state index in [9.17, 15) is 4.39 Å². The summed E-state index contributed by atoms with van der Waals surface area (Å²) in [5.74, 6) is 0.526. The summed E-state index contributed by atoms with van der Waals surface area (Å²) in [6.45, 7) is 5.69. The smallest absolute Gasteiger partial charge is 0.191 e. The number of nitrogens with one attached hydrogen (secondary N) is 2. The van der Waals surface area contributed by atoms with Gasteiger partial charge in [0, 0.05) is 26.7 Å². The summed E-state index contributed by atoms with van der Waals surface area (Å²) in [7, 11) is 3.86. The molecule has 6 heteroatoms. The van der Waals surface area contributed by atoms with Gasteiger partial charge in [0.1, 0.15) is 5.82 Å². The van der Waals surface area contributed by atoms with E-state index in [0.717, 1.165) is 31.2 Å². The summed E-state index contributed by atoms with van der Waals surface area (Å²) in [4.78, 5) is 6.47. The van der Waals surface area contributed by atoms with E-state index in [2.05, 4.69) is 34.5 Å². The summed E-state index contributed by atoms with van der Waals surface area (Å²) >= 11 is 0. The second-order valence-electron chi connectivity index (χ2n) is 5.14. The summed E-state index contributed by atoms with van der Waals surface area (Å²) < 4.78 is 13.1. The Bertz CT molecular complexity index is 440. The van der Waals surface area contributed by atoms with Crippen LogP contribution in [0.1, 0.15) is 25.3 Å². The highest BCUT2D eigenvalue weighted by atomic mass is 127. The Kier molecular flexibility index (Phi) is 12.1. The van der Waals surface area contributed by atoms with E-state index < -0.39 is 0 Å². The molecule has 1 rings (SSSR count). The molecule has 0 spiro atoms. The number of benzene rings is 1. The third-order valence-corrected chi connectivity index (χ3v) is 3.25. The van der Waals surface area contributed by atoms with Gasteiger partial charge in [-0.1, -0.05) is 25.5 Å². The van der Waals surface area contributed by atoms with Crippen molar-refractivity contribution in [3.63, 3.8) is 0 Å². The SMILES string of the molecule is CCCCN(C)CCNC(=NC)NCc1cccc(F)c1.I. The number of unbranched alkanes of at least 4 members (excludes halogenated alkanes) is 1. The molecule has 2 N–H and O–H groups in total. The van der Waals surface area contributed by atoms with Crippen LogP contribution in [0.3, 0.4) is 0 Å². The Morgan fingerprint density at radius 1 is 1.27 bits per heavy atom. The molecule has 4 nitrogen and oxygen atoms in total. The van der Waals surface area contributed by atoms with E-state index >= 15 is 0 Å². The molecule has 0 fully saturated rings. The maximum absolute atomic E-state index is 13.1. The molecule has 0 aliphatic carbocycles. The molecule has 0 saturated heterocycles. The maximum Gasteiger partial charge on any atom is 0.191 e. The number of halogens is 2. The second kappa shape index (κ2) is 12.6. The highest BCUT2D eigenvalue weighted by Gasteiger charge is 2.01. The van der Waals surface area contributed by atoms with Crippen LogP contribution in [0.4, 0.5) is 4.39 Å². The lowest BCUT2D eigenvalue weighted by atomic mass is 10.2. The van der Waals surface area contributed by atoms with Gasteiger partial charge in [-0.3, -0.25) is 4.99 Å². The molecule has 1 aromatic carbocycles.